The Hall–Kier alpha value is -10.3. The number of aromatic amines is 1. The van der Waals surface area contributed by atoms with Crippen molar-refractivity contribution in [3.8, 4) is 11.5 Å². The van der Waals surface area contributed by atoms with Gasteiger partial charge in [-0.3, -0.25) is 62.3 Å². The van der Waals surface area contributed by atoms with Crippen LogP contribution in [0.25, 0.3) is 11.0 Å². The number of nitrogens with zero attached hydrogens (tertiary/aromatic N) is 2. The summed E-state index contributed by atoms with van der Waals surface area (Å²) in [4.78, 5) is 197. The predicted octanol–water partition coefficient (Wildman–Crippen LogP) is 0.829. The number of H-pyrrole nitrogens is 1. The Kier molecular flexibility index (Phi) is 30.2. The monoisotopic (exact) mass is 1590 g/mol. The maximum Gasteiger partial charge on any atom is 0.246 e. The van der Waals surface area contributed by atoms with Crippen LogP contribution in [0.3, 0.4) is 0 Å². The summed E-state index contributed by atoms with van der Waals surface area (Å²) in [5.74, 6) is -11.5. The molecular formula is C78H105N15O17S2. The Balaban J connectivity index is 1.13. The van der Waals surface area contributed by atoms with Gasteiger partial charge in [-0.05, 0) is 129 Å². The van der Waals surface area contributed by atoms with Gasteiger partial charge in [0.1, 0.15) is 88.6 Å². The van der Waals surface area contributed by atoms with Gasteiger partial charge in [0.15, 0.2) is 0 Å². The number of carbonyl (C=O) groups is 13. The number of nitrogens with two attached hydrogens (primary N) is 1. The third-order valence-electron chi connectivity index (χ3n) is 20.4. The lowest BCUT2D eigenvalue weighted by Gasteiger charge is -2.36. The highest BCUT2D eigenvalue weighted by atomic mass is 32.2. The Morgan fingerprint density at radius 3 is 1.76 bits per heavy atom. The predicted molar refractivity (Wildman–Crippen MR) is 418 cm³/mol. The number of hydrogen-bond donors (Lipinski definition) is 17. The number of thioether (sulfide) groups is 2. The molecule has 0 radical (unpaired) electrons. The van der Waals surface area contributed by atoms with Crippen molar-refractivity contribution in [3.63, 3.8) is 0 Å². The van der Waals surface area contributed by atoms with Crippen molar-refractivity contribution in [2.24, 2.45) is 17.1 Å². The van der Waals surface area contributed by atoms with Crippen molar-refractivity contribution in [3.05, 3.63) is 125 Å². The van der Waals surface area contributed by atoms with Crippen molar-refractivity contribution in [1.82, 2.24) is 73.4 Å². The molecule has 0 unspecified atom stereocenters. The molecule has 112 heavy (non-hydrogen) atoms. The van der Waals surface area contributed by atoms with Gasteiger partial charge in [-0.1, -0.05) is 96.0 Å². The van der Waals surface area contributed by atoms with E-state index in [2.05, 4.69) is 68.5 Å². The molecule has 4 heterocycles. The second-order valence-corrected chi connectivity index (χ2v) is 32.7. The summed E-state index contributed by atoms with van der Waals surface area (Å²) >= 11 is 2.52. The fraction of sp³-hybridized carbons (Fsp3) is 0.513. The third-order valence-corrected chi connectivity index (χ3v) is 22.6. The van der Waals surface area contributed by atoms with E-state index in [1.54, 1.807) is 77.3 Å². The Bertz CT molecular complexity index is 4240. The number of primary amides is 1. The summed E-state index contributed by atoms with van der Waals surface area (Å²) in [5.41, 5.74) is 4.57. The molecule has 2 aliphatic heterocycles. The molecule has 5 aromatic rings. The zero-order chi connectivity index (χ0) is 82.1. The number of pyridine rings is 1. The first-order chi connectivity index (χ1) is 52.9. The normalized spacial score (nSPS) is 26.0. The van der Waals surface area contributed by atoms with Crippen molar-refractivity contribution in [2.75, 3.05) is 18.1 Å². The summed E-state index contributed by atoms with van der Waals surface area (Å²) in [7, 11) is 0. The minimum atomic E-state index is -1.90. The van der Waals surface area contributed by atoms with E-state index in [1.807, 2.05) is 18.2 Å². The molecule has 13 amide bonds. The largest absolute Gasteiger partial charge is 0.508 e. The summed E-state index contributed by atoms with van der Waals surface area (Å²) in [5, 5.41) is 73.2. The smallest absolute Gasteiger partial charge is 0.246 e. The molecule has 2 aromatic heterocycles. The number of aromatic hydroxyl groups is 2. The number of amides is 13. The number of aliphatic hydroxyl groups is 2. The average molecular weight is 1590 g/mol. The highest BCUT2D eigenvalue weighted by Crippen LogP contribution is 2.32. The zero-order valence-corrected chi connectivity index (χ0v) is 66.2. The Morgan fingerprint density at radius 1 is 0.625 bits per heavy atom. The fourth-order valence-electron chi connectivity index (χ4n) is 13.5. The first-order valence-electron chi connectivity index (χ1n) is 37.4. The molecule has 3 aliphatic rings. The van der Waals surface area contributed by atoms with E-state index in [-0.39, 0.29) is 74.5 Å². The number of aliphatic hydroxyl groups excluding tert-OH is 2. The van der Waals surface area contributed by atoms with Crippen LogP contribution in [-0.2, 0) is 93.1 Å². The van der Waals surface area contributed by atoms with E-state index in [1.165, 1.54) is 99.4 Å². The van der Waals surface area contributed by atoms with E-state index in [4.69, 9.17) is 5.73 Å². The van der Waals surface area contributed by atoms with E-state index >= 15 is 9.59 Å². The molecule has 32 nitrogen and oxygen atoms in total. The molecule has 606 valence electrons. The van der Waals surface area contributed by atoms with E-state index < -0.39 is 172 Å². The lowest BCUT2D eigenvalue weighted by Crippen LogP contribution is -2.67. The highest BCUT2D eigenvalue weighted by molar-refractivity contribution is 7.98. The minimum absolute atomic E-state index is 0.00753. The van der Waals surface area contributed by atoms with Gasteiger partial charge < -0.3 is 94.5 Å². The molecule has 18 N–H and O–H groups in total. The van der Waals surface area contributed by atoms with E-state index in [9.17, 15) is 73.2 Å². The van der Waals surface area contributed by atoms with Gasteiger partial charge in [-0.15, -0.1) is 0 Å². The van der Waals surface area contributed by atoms with Gasteiger partial charge >= 0.3 is 0 Å². The minimum Gasteiger partial charge on any atom is -0.508 e. The second kappa shape index (κ2) is 38.7. The van der Waals surface area contributed by atoms with E-state index in [0.29, 0.717) is 52.1 Å². The maximum absolute atomic E-state index is 15.2. The number of phenolic OH excluding ortho intramolecular Hbond substituents is 2. The van der Waals surface area contributed by atoms with Crippen LogP contribution in [0.15, 0.2) is 97.3 Å². The molecule has 34 heteroatoms. The van der Waals surface area contributed by atoms with Gasteiger partial charge in [-0.2, -0.15) is 23.5 Å². The standard InChI is InChI=1S/C78H105N15O17S2/c1-41(2)77(10)74(109)89-61(44(5)95)71(106)87-57(63(79)99)39-111-37-48-16-13-17-49(32-48)38-112-40-58(83-45(6)96)66(101)90-62(76(7,8)9)72(107)86-56(34-47-22-26-52(98)27-23-47)73(108)93-31-15-19-59(93)69(104)88-60(43(4)94)70(105)85-55(35-50-36-81-64-53(50)18-14-30-80-64)68(103)92-78(28-11-12-29-78)75(110)82-42(3)65(100)84-54(67(102)91-77)33-46-20-24-51(97)25-21-46/h13-14,16-18,20-27,30,32,36,41-44,54-62,94-95,97-98H,11-12,15,19,28-29,31,33-35,37-40H2,1-10H3,(H2,79,99)(H,80,81)(H,82,110)(H,83,96)(H,84,100)(H,85,105)(H,86,107)(H,87,106)(H,88,104)(H,89,109)(H,90,101)(H,91,102)(H,92,103)/t42-,43+,44+,54-,55-,56-,57-,58-,59-,60-,61-,62+,77-/m0/s1. The molecule has 1 saturated heterocycles. The van der Waals surface area contributed by atoms with Crippen LogP contribution >= 0.6 is 23.5 Å². The Morgan fingerprint density at radius 2 is 1.18 bits per heavy atom. The molecule has 1 spiro atoms. The summed E-state index contributed by atoms with van der Waals surface area (Å²) in [6, 6.07) is 7.68. The van der Waals surface area contributed by atoms with Crippen LogP contribution in [0, 0.1) is 11.3 Å². The van der Waals surface area contributed by atoms with Gasteiger partial charge in [0, 0.05) is 73.5 Å². The van der Waals surface area contributed by atoms with E-state index in [0.717, 1.165) is 11.1 Å². The number of carbonyl (C=O) groups excluding carboxylic acids is 13. The van der Waals surface area contributed by atoms with Crippen molar-refractivity contribution >= 4 is 111 Å². The third kappa shape index (κ3) is 23.2. The highest BCUT2D eigenvalue weighted by Gasteiger charge is 2.48. The maximum atomic E-state index is 15.2. The molecule has 13 atom stereocenters. The average Bonchev–Trinajstić information content (AvgIpc) is 1.46. The quantitative estimate of drug-likeness (QED) is 0.0871. The first kappa shape index (κ1) is 87.3. The molecule has 2 bridgehead atoms. The zero-order valence-electron chi connectivity index (χ0n) is 64.5. The summed E-state index contributed by atoms with van der Waals surface area (Å²) in [6.45, 7) is 14.7. The molecule has 3 aromatic carbocycles. The molecule has 2 fully saturated rings. The second-order valence-electron chi connectivity index (χ2n) is 30.6. The van der Waals surface area contributed by atoms with Crippen LogP contribution in [0.5, 0.6) is 11.5 Å². The summed E-state index contributed by atoms with van der Waals surface area (Å²) in [6.07, 6.45) is 0.468. The Labute approximate surface area is 658 Å². The molecule has 1 saturated carbocycles. The van der Waals surface area contributed by atoms with Crippen LogP contribution in [-0.4, -0.2) is 214 Å². The van der Waals surface area contributed by atoms with Crippen LogP contribution in [0.1, 0.15) is 136 Å². The number of hydrogen-bond acceptors (Lipinski definition) is 20. The molecule has 1 aliphatic carbocycles. The van der Waals surface area contributed by atoms with Gasteiger partial charge in [0.05, 0.1) is 12.2 Å². The number of fused-ring (bicyclic) bond motifs is 4. The van der Waals surface area contributed by atoms with Gasteiger partial charge in [0.25, 0.3) is 0 Å². The number of phenols is 2. The lowest BCUT2D eigenvalue weighted by atomic mass is 9.85. The first-order valence-corrected chi connectivity index (χ1v) is 39.7. The van der Waals surface area contributed by atoms with Crippen molar-refractivity contribution in [1.29, 1.82) is 0 Å². The number of benzene rings is 3. The summed E-state index contributed by atoms with van der Waals surface area (Å²) < 4.78 is 0. The SMILES string of the molecule is CC(=O)N[C@H]1CSCc2cccc(c2)CSC[C@@H](C(N)=O)NC(=O)[C@H]([C@@H](C)O)NC(=O)[C@](C)(C(C)C)NC(=O)[C@H](Cc2ccc(O)cc2)NC(=O)[C@H](C)NC(=O)C2(CCCC2)NC(=O)[C@H](Cc2c[nH]c3ncccc23)NC(=O)[C@H]([C@@H](C)O)NC(=O)[C@@H]2CCCN2C(=O)[C@H](Cc2ccc(O)cc2)NC(=O)[C@H](C(C)(C)C)NC1=O. The van der Waals surface area contributed by atoms with Crippen LogP contribution in [0.4, 0.5) is 0 Å². The number of rotatable bonds is 11. The number of nitrogens with one attached hydrogen (secondary N) is 12. The van der Waals surface area contributed by atoms with Crippen molar-refractivity contribution < 1.29 is 82.8 Å². The van der Waals surface area contributed by atoms with Gasteiger partial charge in [0.2, 0.25) is 76.8 Å². The van der Waals surface area contributed by atoms with Crippen LogP contribution in [0.2, 0.25) is 0 Å². The molecule has 8 rings (SSSR count). The topological polar surface area (TPSA) is 493 Å². The molecular weight excluding hydrogens is 1480 g/mol. The fourth-order valence-corrected chi connectivity index (χ4v) is 15.6. The van der Waals surface area contributed by atoms with Crippen molar-refractivity contribution in [2.45, 2.75) is 222 Å². The van der Waals surface area contributed by atoms with Crippen LogP contribution < -0.4 is 64.2 Å². The number of aromatic nitrogens is 2. The van der Waals surface area contributed by atoms with Gasteiger partial charge in [-0.25, -0.2) is 4.98 Å². The lowest BCUT2D eigenvalue weighted by molar-refractivity contribution is -0.143.